The Bertz CT molecular complexity index is 2080. The van der Waals surface area contributed by atoms with E-state index in [2.05, 4.69) is 42.2 Å². The van der Waals surface area contributed by atoms with Crippen molar-refractivity contribution in [1.29, 1.82) is 0 Å². The number of carbonyl (C=O) groups is 9. The first-order chi connectivity index (χ1) is 29.9. The van der Waals surface area contributed by atoms with E-state index in [0.29, 0.717) is 27.9 Å². The number of aliphatic hydroxyl groups is 3. The van der Waals surface area contributed by atoms with Gasteiger partial charge in [-0.05, 0) is 24.0 Å². The summed E-state index contributed by atoms with van der Waals surface area (Å²) in [5.41, 5.74) is 6.68. The third-order valence-corrected chi connectivity index (χ3v) is 12.6. The number of benzene rings is 1. The topological polar surface area (TPSA) is 344 Å². The summed E-state index contributed by atoms with van der Waals surface area (Å²) in [6, 6.07) is -1.85. The number of primary amides is 1. The van der Waals surface area contributed by atoms with Gasteiger partial charge in [-0.1, -0.05) is 45.4 Å². The van der Waals surface area contributed by atoms with Gasteiger partial charge in [0.05, 0.1) is 43.4 Å². The van der Waals surface area contributed by atoms with Gasteiger partial charge in [-0.25, -0.2) is 0 Å². The van der Waals surface area contributed by atoms with Gasteiger partial charge in [-0.2, -0.15) is 0 Å². The third-order valence-electron chi connectivity index (χ3n) is 11.6. The van der Waals surface area contributed by atoms with Gasteiger partial charge in [0.25, 0.3) is 0 Å². The lowest BCUT2D eigenvalue weighted by molar-refractivity contribution is -0.144. The monoisotopic (exact) mass is 900 g/mol. The molecule has 1 unspecified atom stereocenters. The fourth-order valence-corrected chi connectivity index (χ4v) is 8.82. The molecular formula is C40H56N10O12S. The van der Waals surface area contributed by atoms with E-state index in [9.17, 15) is 58.5 Å². The van der Waals surface area contributed by atoms with Crippen molar-refractivity contribution in [3.63, 3.8) is 0 Å². The van der Waals surface area contributed by atoms with Crippen molar-refractivity contribution in [3.05, 3.63) is 29.8 Å². The highest BCUT2D eigenvalue weighted by molar-refractivity contribution is 7.99. The first-order valence-corrected chi connectivity index (χ1v) is 21.7. The number of hydrogen-bond donors (Lipinski definition) is 12. The molecular weight excluding hydrogens is 845 g/mol. The van der Waals surface area contributed by atoms with Crippen LogP contribution in [0.25, 0.3) is 10.9 Å². The van der Waals surface area contributed by atoms with Gasteiger partial charge in [0.1, 0.15) is 36.3 Å². The Morgan fingerprint density at radius 1 is 0.857 bits per heavy atom. The predicted octanol–water partition coefficient (Wildman–Crippen LogP) is -4.25. The summed E-state index contributed by atoms with van der Waals surface area (Å²) in [4.78, 5) is 128. The molecule has 63 heavy (non-hydrogen) atoms. The van der Waals surface area contributed by atoms with E-state index < -0.39 is 146 Å². The summed E-state index contributed by atoms with van der Waals surface area (Å²) in [7, 11) is 0. The SMILES string of the molecule is CC[C@H](C)[C@@H]1NC(=O)CNC(=O)[C@@H]2Cc3c([nH]c4ccccc34)SCC[C@H](NC(=O)CNC1=O)C(=O)NC(CC(N)=O)C(=O)N1C[C@H](O)C[C@H]1C(=O)N[C@@H]([C@@H](C)[C@@H](O)CO)C(=O)N2. The normalized spacial score (nSPS) is 27.8. The van der Waals surface area contributed by atoms with E-state index >= 15 is 0 Å². The molecule has 22 nitrogen and oxygen atoms in total. The molecule has 1 aromatic heterocycles. The minimum atomic E-state index is -1.70. The standard InChI is InChI=1S/C40H56N10O12S/c1-4-18(2)32-37(60)43-14-30(55)44-24-9-10-63-39-22(21-7-5-6-8-23(21)47-39)12-25(34(57)42-15-31(56)48-32)45-38(61)33(19(3)28(53)17-51)49-36(59)27-11-20(52)16-50(27)40(62)26(13-29(41)54)46-35(24)58/h5-8,18-20,24-28,32-33,47,51-53H,4,9-17H2,1-3H3,(H2,41,54)(H,42,57)(H,43,60)(H,44,55)(H,45,61)(H,46,58)(H,48,56)(H,49,59)/t18-,19-,20+,24-,25-,26?,27-,28-,32-,33-/m0/s1. The highest BCUT2D eigenvalue weighted by Crippen LogP contribution is 2.32. The number of H-pyrrole nitrogens is 1. The summed E-state index contributed by atoms with van der Waals surface area (Å²) in [5.74, 6) is -9.70. The van der Waals surface area contributed by atoms with Crippen LogP contribution in [0.2, 0.25) is 0 Å². The van der Waals surface area contributed by atoms with E-state index in [1.807, 2.05) is 0 Å². The molecule has 344 valence electrons. The maximum Gasteiger partial charge on any atom is 0.246 e. The maximum atomic E-state index is 14.4. The summed E-state index contributed by atoms with van der Waals surface area (Å²) in [6.45, 7) is 2.25. The van der Waals surface area contributed by atoms with Crippen molar-refractivity contribution in [2.45, 2.75) is 106 Å². The average molecular weight is 901 g/mol. The highest BCUT2D eigenvalue weighted by Gasteiger charge is 2.44. The molecule has 2 bridgehead atoms. The van der Waals surface area contributed by atoms with E-state index in [-0.39, 0.29) is 25.0 Å². The molecule has 0 aliphatic carbocycles. The number of aromatic amines is 1. The summed E-state index contributed by atoms with van der Waals surface area (Å²) < 4.78 is 0. The number of nitrogens with two attached hydrogens (primary N) is 1. The Morgan fingerprint density at radius 3 is 2.22 bits per heavy atom. The van der Waals surface area contributed by atoms with Crippen molar-refractivity contribution >= 4 is 75.8 Å². The quantitative estimate of drug-likeness (QED) is 0.126. The molecule has 0 radical (unpaired) electrons. The van der Waals surface area contributed by atoms with Gasteiger partial charge in [0.2, 0.25) is 53.2 Å². The first kappa shape index (κ1) is 48.3. The van der Waals surface area contributed by atoms with E-state index in [4.69, 9.17) is 5.73 Å². The van der Waals surface area contributed by atoms with Crippen LogP contribution >= 0.6 is 11.8 Å². The third kappa shape index (κ3) is 12.0. The fraction of sp³-hybridized carbons (Fsp3) is 0.575. The zero-order chi connectivity index (χ0) is 46.1. The smallest absolute Gasteiger partial charge is 0.246 e. The lowest BCUT2D eigenvalue weighted by atomic mass is 9.93. The van der Waals surface area contributed by atoms with Gasteiger partial charge in [0.15, 0.2) is 0 Å². The minimum absolute atomic E-state index is 0.102. The first-order valence-electron chi connectivity index (χ1n) is 20.8. The van der Waals surface area contributed by atoms with Crippen molar-refractivity contribution in [3.8, 4) is 0 Å². The van der Waals surface area contributed by atoms with Crippen LogP contribution in [-0.2, 0) is 49.6 Å². The second kappa shape index (κ2) is 21.5. The molecule has 0 spiro atoms. The molecule has 9 amide bonds. The number of amides is 9. The number of thioether (sulfide) groups is 1. The van der Waals surface area contributed by atoms with Gasteiger partial charge in [-0.3, -0.25) is 43.2 Å². The molecule has 1 saturated heterocycles. The van der Waals surface area contributed by atoms with Crippen molar-refractivity contribution in [2.24, 2.45) is 17.6 Å². The van der Waals surface area contributed by atoms with Crippen molar-refractivity contribution in [1.82, 2.24) is 47.1 Å². The molecule has 13 N–H and O–H groups in total. The Kier molecular flexibility index (Phi) is 16.5. The van der Waals surface area contributed by atoms with Crippen LogP contribution in [0, 0.1) is 11.8 Å². The van der Waals surface area contributed by atoms with Crippen LogP contribution in [0.1, 0.15) is 52.0 Å². The van der Waals surface area contributed by atoms with Crippen molar-refractivity contribution in [2.75, 3.05) is 32.0 Å². The Balaban J connectivity index is 1.68. The zero-order valence-electron chi connectivity index (χ0n) is 35.1. The number of aliphatic hydroxyl groups excluding tert-OH is 3. The molecule has 1 fully saturated rings. The van der Waals surface area contributed by atoms with Crippen LogP contribution in [0.3, 0.4) is 0 Å². The molecule has 4 heterocycles. The van der Waals surface area contributed by atoms with Crippen LogP contribution in [-0.4, -0.2) is 159 Å². The molecule has 23 heteroatoms. The molecule has 1 aromatic carbocycles. The number of hydrogen-bond acceptors (Lipinski definition) is 13. The lowest BCUT2D eigenvalue weighted by Gasteiger charge is -2.32. The summed E-state index contributed by atoms with van der Waals surface area (Å²) >= 11 is 1.20. The zero-order valence-corrected chi connectivity index (χ0v) is 35.9. The predicted molar refractivity (Wildman–Crippen MR) is 225 cm³/mol. The molecule has 3 aliphatic rings. The highest BCUT2D eigenvalue weighted by atomic mass is 32.2. The fourth-order valence-electron chi connectivity index (χ4n) is 7.72. The number of nitrogens with one attached hydrogen (secondary N) is 8. The van der Waals surface area contributed by atoms with Crippen LogP contribution < -0.4 is 43.0 Å². The van der Waals surface area contributed by atoms with Gasteiger partial charge < -0.3 is 68.2 Å². The second-order valence-corrected chi connectivity index (χ2v) is 17.2. The lowest BCUT2D eigenvalue weighted by Crippen LogP contribution is -2.61. The largest absolute Gasteiger partial charge is 0.394 e. The molecule has 5 rings (SSSR count). The number of carbonyl (C=O) groups excluding carboxylic acids is 9. The van der Waals surface area contributed by atoms with Crippen LogP contribution in [0.4, 0.5) is 0 Å². The van der Waals surface area contributed by atoms with E-state index in [0.717, 1.165) is 4.90 Å². The Morgan fingerprint density at radius 2 is 1.54 bits per heavy atom. The van der Waals surface area contributed by atoms with Gasteiger partial charge in [-0.15, -0.1) is 11.8 Å². The summed E-state index contributed by atoms with van der Waals surface area (Å²) in [6.07, 6.45) is -3.88. The number of fused-ring (bicyclic) bond motifs is 6. The van der Waals surface area contributed by atoms with Gasteiger partial charge in [0, 0.05) is 42.0 Å². The Hall–Kier alpha value is -5.78. The van der Waals surface area contributed by atoms with Gasteiger partial charge >= 0.3 is 0 Å². The van der Waals surface area contributed by atoms with Crippen LogP contribution in [0.5, 0.6) is 0 Å². The minimum Gasteiger partial charge on any atom is -0.394 e. The van der Waals surface area contributed by atoms with E-state index in [1.165, 1.54) is 18.7 Å². The van der Waals surface area contributed by atoms with E-state index in [1.54, 1.807) is 38.1 Å². The number of para-hydroxylation sites is 1. The van der Waals surface area contributed by atoms with Crippen molar-refractivity contribution < 1.29 is 58.5 Å². The maximum absolute atomic E-state index is 14.4. The number of rotatable bonds is 7. The Labute approximate surface area is 366 Å². The summed E-state index contributed by atoms with van der Waals surface area (Å²) in [5, 5.41) is 50.3. The molecule has 2 aromatic rings. The molecule has 0 saturated carbocycles. The number of aromatic nitrogens is 1. The molecule has 3 aliphatic heterocycles. The van der Waals surface area contributed by atoms with Crippen LogP contribution in [0.15, 0.2) is 29.3 Å². The molecule has 10 atom stereocenters. The average Bonchev–Trinajstić information content (AvgIpc) is 3.82. The number of nitrogens with zero attached hydrogens (tertiary/aromatic N) is 1. The second-order valence-electron chi connectivity index (χ2n) is 16.1.